The Balaban J connectivity index is 0.000000112. The quantitative estimate of drug-likeness (QED) is 0.143. The van der Waals surface area contributed by atoms with E-state index in [1.807, 2.05) is 0 Å². The Hall–Kier alpha value is -4.64. The first kappa shape index (κ1) is 109. The molecule has 8 amide bonds. The number of carbonyl (C=O) groups excluding carboxylic acids is 8. The molecule has 16 unspecified atom stereocenters. The van der Waals surface area contributed by atoms with Gasteiger partial charge in [0.25, 0.3) is 0 Å². The lowest BCUT2D eigenvalue weighted by Gasteiger charge is -2.59. The lowest BCUT2D eigenvalue weighted by molar-refractivity contribution is -0.166. The normalized spacial score (nSPS) is 36.3. The van der Waals surface area contributed by atoms with Crippen molar-refractivity contribution in [3.05, 3.63) is 0 Å². The van der Waals surface area contributed by atoms with Crippen molar-refractivity contribution in [3.8, 4) is 0 Å². The molecular weight excluding hydrogens is 1780 g/mol. The zero-order valence-electron chi connectivity index (χ0n) is 92.8. The van der Waals surface area contributed by atoms with Crippen LogP contribution in [-0.4, -0.2) is 400 Å². The van der Waals surface area contributed by atoms with Gasteiger partial charge in [0.15, 0.2) is 0 Å². The number of aliphatic hydroxyl groups is 1. The summed E-state index contributed by atoms with van der Waals surface area (Å²) in [5.74, 6) is 7.09. The molecule has 22 heterocycles. The van der Waals surface area contributed by atoms with Gasteiger partial charge in [0.1, 0.15) is 0 Å². The number of nitrogens with zero attached hydrogens (tertiary/aromatic N) is 16. The number of amides is 8. The van der Waals surface area contributed by atoms with Crippen molar-refractivity contribution in [1.29, 1.82) is 0 Å². The minimum atomic E-state index is -0.170. The van der Waals surface area contributed by atoms with Crippen LogP contribution < -0.4 is 0 Å². The Morgan fingerprint density at radius 2 is 0.387 bits per heavy atom. The average molecular weight is 1980 g/mol. The van der Waals surface area contributed by atoms with Gasteiger partial charge in [-0.3, -0.25) is 77.6 Å². The fourth-order valence-electron chi connectivity index (χ4n) is 30.4. The summed E-state index contributed by atoms with van der Waals surface area (Å²) in [6, 6.07) is 13.2. The summed E-state index contributed by atoms with van der Waals surface area (Å²) in [7, 11) is 1.78. The first-order valence-electron chi connectivity index (χ1n) is 59.5. The largest absolute Gasteiger partial charge is 0.393 e. The van der Waals surface area contributed by atoms with Gasteiger partial charge >= 0.3 is 0 Å². The zero-order valence-corrected chi connectivity index (χ0v) is 92.8. The number of carbonyl (C=O) groups is 8. The highest BCUT2D eigenvalue weighted by Crippen LogP contribution is 2.50. The first-order valence-corrected chi connectivity index (χ1v) is 59.5. The molecule has 26 nitrogen and oxygen atoms in total. The monoisotopic (exact) mass is 1980 g/mol. The molecule has 30 rings (SSSR count). The number of piperidine rings is 8. The maximum atomic E-state index is 12.7. The Morgan fingerprint density at radius 3 is 0.556 bits per heavy atom. The Labute approximate surface area is 859 Å². The maximum Gasteiger partial charge on any atom is 0.226 e. The molecule has 8 aliphatic carbocycles. The van der Waals surface area contributed by atoms with Gasteiger partial charge in [-0.15, -0.1) is 0 Å². The zero-order chi connectivity index (χ0) is 101. The molecule has 0 radical (unpaired) electrons. The van der Waals surface area contributed by atoms with Gasteiger partial charge in [0.2, 0.25) is 47.3 Å². The van der Waals surface area contributed by atoms with E-state index in [4.69, 9.17) is 4.74 Å². The molecule has 804 valence electrons. The van der Waals surface area contributed by atoms with Crippen molar-refractivity contribution in [2.24, 2.45) is 58.7 Å². The highest BCUT2D eigenvalue weighted by molar-refractivity contribution is 5.85. The highest BCUT2D eigenvalue weighted by atomic mass is 16.5. The van der Waals surface area contributed by atoms with Gasteiger partial charge in [-0.05, 0) is 315 Å². The molecule has 16 atom stereocenters. The van der Waals surface area contributed by atoms with Crippen molar-refractivity contribution < 1.29 is 48.2 Å². The van der Waals surface area contributed by atoms with E-state index in [1.54, 1.807) is 7.11 Å². The lowest BCUT2D eigenvalue weighted by Crippen LogP contribution is -2.72. The topological polar surface area (TPSA) is 218 Å². The molecule has 30 aliphatic rings. The summed E-state index contributed by atoms with van der Waals surface area (Å²) < 4.78 is 5.40. The number of aliphatic hydroxyl groups excluding tert-OH is 1. The summed E-state index contributed by atoms with van der Waals surface area (Å²) in [6.45, 7) is 60.4. The van der Waals surface area contributed by atoms with Gasteiger partial charge in [-0.2, -0.15) is 0 Å². The molecule has 0 spiro atoms. The van der Waals surface area contributed by atoms with Gasteiger partial charge in [0, 0.05) is 304 Å². The number of hydrogen-bond donors (Lipinski definition) is 1. The number of ether oxygens (including phenoxy) is 1. The second kappa shape index (κ2) is 46.7. The van der Waals surface area contributed by atoms with Crippen molar-refractivity contribution in [3.63, 3.8) is 0 Å². The molecule has 0 aromatic rings. The number of rotatable bonds is 17. The SMILES string of the molecule is CC(C)N1CC2CC(C1)N2C(=O)C1CC(C)(C)C1.CC(C)N1CC2CC(C1)N2C(=O)C1CC1.CC(C)N1CC2CC(C1)N2C(=O)C1CCC(O)CC1.CC(C)N1CC2CC(C1)N2C(=O)C1CCC1.CC(C)N1CC2CC(C1)N2C(=O)C1CCCC1.CC(C)N1CC2CC(C1)N2C(=O)C1CCCCC1.CC1CCC(C(=O)N2C3CC2CN(C(C)C)C3)CC1.COC1CCC(C(=O)N2C3CC2CN(C(C)C)C3)CC1. The summed E-state index contributed by atoms with van der Waals surface area (Å²) in [6.07, 6.45) is 41.3. The van der Waals surface area contributed by atoms with E-state index in [2.05, 4.69) is 210 Å². The Kier molecular flexibility index (Phi) is 35.7. The van der Waals surface area contributed by atoms with Crippen LogP contribution in [0.4, 0.5) is 0 Å². The second-order valence-electron chi connectivity index (χ2n) is 53.4. The number of fused-ring (bicyclic) bond motifs is 16. The van der Waals surface area contributed by atoms with Gasteiger partial charge < -0.3 is 49.0 Å². The Bertz CT molecular complexity index is 4030. The summed E-state index contributed by atoms with van der Waals surface area (Å²) >= 11 is 0. The number of likely N-dealkylation sites (tertiary alicyclic amines) is 4. The maximum absolute atomic E-state index is 12.7. The van der Waals surface area contributed by atoms with Crippen LogP contribution in [0.1, 0.15) is 363 Å². The fraction of sp³-hybridized carbons (Fsp3) is 0.931. The lowest BCUT2D eigenvalue weighted by atomic mass is 9.63. The van der Waals surface area contributed by atoms with E-state index in [1.165, 1.54) is 103 Å². The number of methoxy groups -OCH3 is 1. The molecule has 26 heteroatoms. The molecule has 142 heavy (non-hydrogen) atoms. The number of hydrogen-bond acceptors (Lipinski definition) is 18. The third kappa shape index (κ3) is 24.3. The van der Waals surface area contributed by atoms with E-state index in [0.29, 0.717) is 239 Å². The van der Waals surface area contributed by atoms with Crippen molar-refractivity contribution in [2.75, 3.05) is 112 Å². The summed E-state index contributed by atoms with van der Waals surface area (Å²) in [4.78, 5) is 138. The molecule has 1 N–H and O–H groups in total. The van der Waals surface area contributed by atoms with E-state index < -0.39 is 0 Å². The standard InChI is InChI=1S/C16H28N2O2.C16H28N2O.C15H26N2O2.2C15H26N2O.C14H24N2O.C13H22N2O.C12H20N2O/c1-11(2)17-9-13-8-14(10-17)18(13)16(19)12-4-6-15(20-3)7-5-12;1-11(2)17-9-14-8-15(10-17)18(14)16(19)13-6-4-12(3)5-7-13;1-10(2)16-8-12-7-13(9-16)17(12)15(19)11-3-5-14(18)6-4-11;1-10(2)16-8-12-5-13(9-16)17(12)14(18)11-6-15(3,4)7-11;1-11(2)16-9-13-8-14(10-16)17(13)15(18)12-6-4-3-5-7-12;1-10(2)15-8-12-7-13(9-15)16(12)14(17)11-5-3-4-6-11;1-9(2)14-7-11-6-12(8-14)15(11)13(16)10-4-3-5-10;1-8(2)13-6-10-5-11(7-13)14(10)12(15)9-3-4-9/h11-15H,4-10H2,1-3H3;11-15H,4-10H2,1-3H3;10-14,18H,3-9H2,1-2H3;10-13H,5-9H2,1-4H3;11-14H,3-10H2,1-2H3;10-13H,3-9H2,1-2H3;9-12H,3-8H2,1-2H3;8-11H,3-7H2,1-2H3. The van der Waals surface area contributed by atoms with Gasteiger partial charge in [-0.25, -0.2) is 0 Å². The molecule has 0 aromatic carbocycles. The summed E-state index contributed by atoms with van der Waals surface area (Å²) in [5.41, 5.74) is 0.407. The predicted molar refractivity (Wildman–Crippen MR) is 563 cm³/mol. The minimum Gasteiger partial charge on any atom is -0.393 e. The molecule has 22 saturated heterocycles. The van der Waals surface area contributed by atoms with Crippen molar-refractivity contribution in [1.82, 2.24) is 78.4 Å². The molecule has 16 bridgehead atoms. The van der Waals surface area contributed by atoms with Crippen LogP contribution in [0.15, 0.2) is 0 Å². The average Bonchev–Trinajstić information content (AvgIpc) is 1.42. The van der Waals surface area contributed by atoms with Gasteiger partial charge in [-0.1, -0.05) is 59.3 Å². The highest BCUT2D eigenvalue weighted by Gasteiger charge is 2.59. The van der Waals surface area contributed by atoms with Crippen LogP contribution >= 0.6 is 0 Å². The smallest absolute Gasteiger partial charge is 0.226 e. The van der Waals surface area contributed by atoms with Crippen LogP contribution in [0.3, 0.4) is 0 Å². The van der Waals surface area contributed by atoms with Crippen LogP contribution in [0.5, 0.6) is 0 Å². The fourth-order valence-corrected chi connectivity index (χ4v) is 30.4. The van der Waals surface area contributed by atoms with Crippen molar-refractivity contribution in [2.45, 2.75) is 520 Å². The van der Waals surface area contributed by atoms with Gasteiger partial charge in [0.05, 0.1) is 12.2 Å². The van der Waals surface area contributed by atoms with Crippen LogP contribution in [0, 0.1) is 58.7 Å². The minimum absolute atomic E-state index is 0.170. The van der Waals surface area contributed by atoms with Crippen LogP contribution in [-0.2, 0) is 43.1 Å². The third-order valence-electron chi connectivity index (χ3n) is 40.4. The van der Waals surface area contributed by atoms with E-state index in [9.17, 15) is 43.5 Å². The molecule has 8 saturated carbocycles. The molecule has 0 aromatic heterocycles. The third-order valence-corrected chi connectivity index (χ3v) is 40.4. The van der Waals surface area contributed by atoms with Crippen LogP contribution in [0.2, 0.25) is 0 Å². The molecule has 22 aliphatic heterocycles. The Morgan fingerprint density at radius 1 is 0.225 bits per heavy atom. The summed E-state index contributed by atoms with van der Waals surface area (Å²) in [5, 5.41) is 9.54. The van der Waals surface area contributed by atoms with E-state index in [0.717, 1.165) is 239 Å². The molecule has 30 fully saturated rings. The number of piperazine rings is 8. The molecular formula is C116H200N16O10. The van der Waals surface area contributed by atoms with Crippen molar-refractivity contribution >= 4 is 47.3 Å². The predicted octanol–water partition coefficient (Wildman–Crippen LogP) is 14.4. The second-order valence-corrected chi connectivity index (χ2v) is 53.4. The van der Waals surface area contributed by atoms with E-state index >= 15 is 0 Å². The first-order chi connectivity index (χ1) is 67.7. The van der Waals surface area contributed by atoms with Crippen LogP contribution in [0.25, 0.3) is 0 Å². The van der Waals surface area contributed by atoms with E-state index in [-0.39, 0.29) is 17.9 Å².